The van der Waals surface area contributed by atoms with Crippen molar-refractivity contribution in [3.63, 3.8) is 0 Å². The molecule has 21 heavy (non-hydrogen) atoms. The third-order valence-electron chi connectivity index (χ3n) is 4.95. The maximum atomic E-state index is 12.6. The van der Waals surface area contributed by atoms with Crippen molar-refractivity contribution in [2.75, 3.05) is 13.1 Å². The van der Waals surface area contributed by atoms with Crippen LogP contribution >= 0.6 is 0 Å². The third kappa shape index (κ3) is 3.42. The van der Waals surface area contributed by atoms with Crippen LogP contribution in [-0.4, -0.2) is 34.2 Å². The van der Waals surface area contributed by atoms with Crippen molar-refractivity contribution in [3.05, 3.63) is 17.5 Å². The van der Waals surface area contributed by atoms with Gasteiger partial charge in [-0.05, 0) is 44.8 Å². The molecule has 1 aliphatic heterocycles. The van der Waals surface area contributed by atoms with Gasteiger partial charge in [-0.25, -0.2) is 0 Å². The quantitative estimate of drug-likeness (QED) is 0.897. The van der Waals surface area contributed by atoms with Crippen molar-refractivity contribution in [2.45, 2.75) is 63.1 Å². The van der Waals surface area contributed by atoms with Gasteiger partial charge >= 0.3 is 6.18 Å². The monoisotopic (exact) mass is 301 g/mol. The highest BCUT2D eigenvalue weighted by Crippen LogP contribution is 2.34. The van der Waals surface area contributed by atoms with Crippen molar-refractivity contribution in [1.82, 2.24) is 15.1 Å². The van der Waals surface area contributed by atoms with Gasteiger partial charge in [-0.1, -0.05) is 19.3 Å². The number of piperidine rings is 1. The molecule has 3 nitrogen and oxygen atoms in total. The fourth-order valence-electron chi connectivity index (χ4n) is 3.71. The van der Waals surface area contributed by atoms with E-state index >= 15 is 0 Å². The van der Waals surface area contributed by atoms with Gasteiger partial charge < -0.3 is 4.90 Å². The second kappa shape index (κ2) is 5.99. The molecule has 0 atom stereocenters. The highest BCUT2D eigenvalue weighted by Gasteiger charge is 2.35. The largest absolute Gasteiger partial charge is 0.435 e. The molecule has 0 radical (unpaired) electrons. The molecule has 2 fully saturated rings. The summed E-state index contributed by atoms with van der Waals surface area (Å²) in [6.45, 7) is 1.99. The average Bonchev–Trinajstić information content (AvgIpc) is 2.98. The zero-order chi connectivity index (χ0) is 14.9. The van der Waals surface area contributed by atoms with Crippen LogP contribution in [-0.2, 0) is 6.18 Å². The van der Waals surface area contributed by atoms with Crippen LogP contribution in [0.3, 0.4) is 0 Å². The van der Waals surface area contributed by atoms with Gasteiger partial charge in [0.2, 0.25) is 0 Å². The van der Waals surface area contributed by atoms with Crippen LogP contribution in [0.1, 0.15) is 62.3 Å². The van der Waals surface area contributed by atoms with Gasteiger partial charge in [0.05, 0.1) is 0 Å². The molecule has 0 bridgehead atoms. The van der Waals surface area contributed by atoms with Crippen LogP contribution in [0.2, 0.25) is 0 Å². The number of nitrogens with zero attached hydrogens (tertiary/aromatic N) is 2. The number of rotatable bonds is 2. The van der Waals surface area contributed by atoms with Crippen LogP contribution in [0, 0.1) is 0 Å². The van der Waals surface area contributed by atoms with E-state index in [1.807, 2.05) is 0 Å². The van der Waals surface area contributed by atoms with Gasteiger partial charge in [0.1, 0.15) is 0 Å². The topological polar surface area (TPSA) is 31.9 Å². The van der Waals surface area contributed by atoms with E-state index in [4.69, 9.17) is 0 Å². The van der Waals surface area contributed by atoms with E-state index in [0.717, 1.165) is 25.9 Å². The minimum absolute atomic E-state index is 0.188. The number of H-pyrrole nitrogens is 1. The smallest absolute Gasteiger partial charge is 0.300 e. The van der Waals surface area contributed by atoms with Crippen molar-refractivity contribution >= 4 is 0 Å². The zero-order valence-electron chi connectivity index (χ0n) is 12.1. The Hall–Kier alpha value is -1.04. The Labute approximate surface area is 122 Å². The molecule has 2 heterocycles. The maximum Gasteiger partial charge on any atom is 0.435 e. The number of alkyl halides is 3. The maximum absolute atomic E-state index is 12.6. The summed E-state index contributed by atoms with van der Waals surface area (Å²) >= 11 is 0. The van der Waals surface area contributed by atoms with Crippen LogP contribution in [0.15, 0.2) is 6.07 Å². The van der Waals surface area contributed by atoms with Crippen molar-refractivity contribution in [3.8, 4) is 0 Å². The van der Waals surface area contributed by atoms with Gasteiger partial charge in [-0.15, -0.1) is 0 Å². The Morgan fingerprint density at radius 2 is 1.71 bits per heavy atom. The van der Waals surface area contributed by atoms with E-state index in [0.29, 0.717) is 11.7 Å². The summed E-state index contributed by atoms with van der Waals surface area (Å²) in [5, 5.41) is 6.00. The number of halogens is 3. The minimum atomic E-state index is -4.35. The molecule has 0 spiro atoms. The number of aromatic amines is 1. The van der Waals surface area contributed by atoms with Gasteiger partial charge in [-0.3, -0.25) is 5.10 Å². The second-order valence-corrected chi connectivity index (χ2v) is 6.31. The summed E-state index contributed by atoms with van der Waals surface area (Å²) in [5.74, 6) is 0.188. The first-order valence-electron chi connectivity index (χ1n) is 7.90. The fourth-order valence-corrected chi connectivity index (χ4v) is 3.71. The SMILES string of the molecule is FC(F)(F)c1cc(C2CCN(C3CCCCC3)CC2)[nH]n1. The molecule has 1 saturated carbocycles. The summed E-state index contributed by atoms with van der Waals surface area (Å²) in [5.41, 5.74) is -0.155. The zero-order valence-corrected chi connectivity index (χ0v) is 12.1. The lowest BCUT2D eigenvalue weighted by atomic mass is 9.89. The molecule has 6 heteroatoms. The van der Waals surface area contributed by atoms with Crippen LogP contribution in [0.5, 0.6) is 0 Å². The molecule has 1 aliphatic carbocycles. The molecule has 1 aromatic heterocycles. The highest BCUT2D eigenvalue weighted by atomic mass is 19.4. The van der Waals surface area contributed by atoms with E-state index in [2.05, 4.69) is 15.1 Å². The summed E-state index contributed by atoms with van der Waals surface area (Å²) in [4.78, 5) is 2.54. The van der Waals surface area contributed by atoms with E-state index < -0.39 is 11.9 Å². The van der Waals surface area contributed by atoms with Crippen LogP contribution in [0.25, 0.3) is 0 Å². The second-order valence-electron chi connectivity index (χ2n) is 6.31. The van der Waals surface area contributed by atoms with E-state index in [9.17, 15) is 13.2 Å². The molecule has 3 rings (SSSR count). The number of hydrogen-bond acceptors (Lipinski definition) is 2. The summed E-state index contributed by atoms with van der Waals surface area (Å²) in [6.07, 6.45) is 4.06. The molecule has 0 amide bonds. The first kappa shape index (κ1) is 14.9. The lowest BCUT2D eigenvalue weighted by Gasteiger charge is -2.39. The first-order valence-corrected chi connectivity index (χ1v) is 7.90. The Balaban J connectivity index is 1.56. The number of nitrogens with one attached hydrogen (secondary N) is 1. The summed E-state index contributed by atoms with van der Waals surface area (Å²) < 4.78 is 37.7. The normalized spacial score (nSPS) is 23.6. The highest BCUT2D eigenvalue weighted by molar-refractivity contribution is 5.16. The Bertz CT molecular complexity index is 455. The third-order valence-corrected chi connectivity index (χ3v) is 4.95. The van der Waals surface area contributed by atoms with Crippen LogP contribution < -0.4 is 0 Å². The Kier molecular flexibility index (Phi) is 4.24. The average molecular weight is 301 g/mol. The predicted octanol–water partition coefficient (Wildman–Crippen LogP) is 3.94. The van der Waals surface area contributed by atoms with Crippen molar-refractivity contribution in [2.24, 2.45) is 0 Å². The van der Waals surface area contributed by atoms with Gasteiger partial charge in [0, 0.05) is 17.7 Å². The molecular weight excluding hydrogens is 279 g/mol. The molecule has 1 N–H and O–H groups in total. The summed E-state index contributed by atoms with van der Waals surface area (Å²) in [6, 6.07) is 1.88. The molecule has 1 aromatic rings. The lowest BCUT2D eigenvalue weighted by molar-refractivity contribution is -0.141. The number of aromatic nitrogens is 2. The molecule has 2 aliphatic rings. The Morgan fingerprint density at radius 3 is 2.29 bits per heavy atom. The van der Waals surface area contributed by atoms with Gasteiger partial charge in [-0.2, -0.15) is 18.3 Å². The minimum Gasteiger partial charge on any atom is -0.300 e. The fraction of sp³-hybridized carbons (Fsp3) is 0.800. The van der Waals surface area contributed by atoms with Crippen LogP contribution in [0.4, 0.5) is 13.2 Å². The number of likely N-dealkylation sites (tertiary alicyclic amines) is 1. The molecule has 118 valence electrons. The number of hydrogen-bond donors (Lipinski definition) is 1. The van der Waals surface area contributed by atoms with Crippen molar-refractivity contribution in [1.29, 1.82) is 0 Å². The van der Waals surface area contributed by atoms with Gasteiger partial charge in [0.15, 0.2) is 5.69 Å². The van der Waals surface area contributed by atoms with E-state index in [1.54, 1.807) is 0 Å². The first-order chi connectivity index (χ1) is 10.0. The van der Waals surface area contributed by atoms with E-state index in [-0.39, 0.29) is 5.92 Å². The Morgan fingerprint density at radius 1 is 1.05 bits per heavy atom. The summed E-state index contributed by atoms with van der Waals surface area (Å²) in [7, 11) is 0. The standard InChI is InChI=1S/C15H22F3N3/c16-15(17,18)14-10-13(19-20-14)11-6-8-21(9-7-11)12-4-2-1-3-5-12/h10-12H,1-9H2,(H,19,20). The van der Waals surface area contributed by atoms with E-state index in [1.165, 1.54) is 38.2 Å². The molecular formula is C15H22F3N3. The van der Waals surface area contributed by atoms with Crippen molar-refractivity contribution < 1.29 is 13.2 Å². The molecule has 0 aromatic carbocycles. The lowest BCUT2D eigenvalue weighted by Crippen LogP contribution is -2.41. The molecule has 0 unspecified atom stereocenters. The predicted molar refractivity (Wildman–Crippen MR) is 74.0 cm³/mol. The molecule has 1 saturated heterocycles. The van der Waals surface area contributed by atoms with Gasteiger partial charge in [0.25, 0.3) is 0 Å².